The van der Waals surface area contributed by atoms with E-state index in [2.05, 4.69) is 4.98 Å². The molecule has 2 rings (SSSR count). The maximum absolute atomic E-state index is 12.6. The zero-order chi connectivity index (χ0) is 14.7. The minimum absolute atomic E-state index is 0.201. The summed E-state index contributed by atoms with van der Waals surface area (Å²) in [6.07, 6.45) is 2.44. The van der Waals surface area contributed by atoms with Gasteiger partial charge in [0.1, 0.15) is 11.2 Å². The van der Waals surface area contributed by atoms with Gasteiger partial charge in [0.25, 0.3) is 5.91 Å². The molecule has 1 saturated heterocycles. The molecular formula is C14H17ClN2O3. The summed E-state index contributed by atoms with van der Waals surface area (Å²) in [5.74, 6) is -0.567. The summed E-state index contributed by atoms with van der Waals surface area (Å²) in [6, 6.07) is 2.70. The second kappa shape index (κ2) is 6.22. The van der Waals surface area contributed by atoms with Gasteiger partial charge in [0.15, 0.2) is 0 Å². The van der Waals surface area contributed by atoms with E-state index >= 15 is 0 Å². The minimum atomic E-state index is -0.506. The zero-order valence-corrected chi connectivity index (χ0v) is 12.3. The number of amides is 1. The third-order valence-corrected chi connectivity index (χ3v) is 3.60. The van der Waals surface area contributed by atoms with E-state index in [4.69, 9.17) is 16.3 Å². The van der Waals surface area contributed by atoms with Crippen LogP contribution in [-0.4, -0.2) is 41.5 Å². The Bertz CT molecular complexity index is 513. The minimum Gasteiger partial charge on any atom is -0.467 e. The molecule has 6 heteroatoms. The molecule has 0 saturated carbocycles. The first-order valence-electron chi connectivity index (χ1n) is 6.56. The van der Waals surface area contributed by atoms with E-state index in [0.717, 1.165) is 12.8 Å². The fourth-order valence-electron chi connectivity index (χ4n) is 2.47. The highest BCUT2D eigenvalue weighted by Gasteiger charge is 2.33. The van der Waals surface area contributed by atoms with Crippen molar-refractivity contribution in [1.82, 2.24) is 9.88 Å². The molecule has 1 aromatic heterocycles. The molecule has 20 heavy (non-hydrogen) atoms. The molecule has 5 nitrogen and oxygen atoms in total. The van der Waals surface area contributed by atoms with Crippen molar-refractivity contribution in [2.45, 2.75) is 32.2 Å². The van der Waals surface area contributed by atoms with Gasteiger partial charge in [0, 0.05) is 17.8 Å². The molecule has 108 valence electrons. The van der Waals surface area contributed by atoms with Crippen molar-refractivity contribution in [3.8, 4) is 0 Å². The number of likely N-dealkylation sites (tertiary alicyclic amines) is 1. The number of esters is 1. The van der Waals surface area contributed by atoms with Crippen molar-refractivity contribution >= 4 is 23.5 Å². The lowest BCUT2D eigenvalue weighted by Crippen LogP contribution is -2.48. The Morgan fingerprint density at radius 2 is 2.15 bits per heavy atom. The van der Waals surface area contributed by atoms with E-state index in [1.54, 1.807) is 17.9 Å². The molecule has 1 fully saturated rings. The van der Waals surface area contributed by atoms with Gasteiger partial charge in [-0.05, 0) is 38.3 Å². The topological polar surface area (TPSA) is 59.5 Å². The van der Waals surface area contributed by atoms with Gasteiger partial charge in [-0.25, -0.2) is 9.78 Å². The average molecular weight is 297 g/mol. The number of aryl methyl sites for hydroxylation is 1. The number of hydrogen-bond donors (Lipinski definition) is 0. The average Bonchev–Trinajstić information content (AvgIpc) is 2.44. The monoisotopic (exact) mass is 296 g/mol. The Morgan fingerprint density at radius 3 is 2.80 bits per heavy atom. The summed E-state index contributed by atoms with van der Waals surface area (Å²) in [5, 5.41) is 0.278. The number of carbonyl (C=O) groups excluding carboxylic acids is 2. The highest BCUT2D eigenvalue weighted by atomic mass is 35.5. The summed E-state index contributed by atoms with van der Waals surface area (Å²) in [4.78, 5) is 30.0. The number of piperidine rings is 1. The van der Waals surface area contributed by atoms with Crippen LogP contribution < -0.4 is 0 Å². The number of ether oxygens (including phenoxy) is 1. The van der Waals surface area contributed by atoms with Crippen LogP contribution in [0.1, 0.15) is 35.3 Å². The predicted molar refractivity (Wildman–Crippen MR) is 74.7 cm³/mol. The Hall–Kier alpha value is -1.62. The Kier molecular flexibility index (Phi) is 4.60. The van der Waals surface area contributed by atoms with Crippen LogP contribution in [0.2, 0.25) is 5.15 Å². The number of rotatable bonds is 2. The lowest BCUT2D eigenvalue weighted by Gasteiger charge is -2.33. The first-order chi connectivity index (χ1) is 9.52. The molecule has 0 N–H and O–H groups in total. The van der Waals surface area contributed by atoms with E-state index in [-0.39, 0.29) is 17.0 Å². The summed E-state index contributed by atoms with van der Waals surface area (Å²) in [5.41, 5.74) is 1.13. The third kappa shape index (κ3) is 3.10. The highest BCUT2D eigenvalue weighted by molar-refractivity contribution is 6.29. The van der Waals surface area contributed by atoms with Crippen molar-refractivity contribution in [2.75, 3.05) is 13.7 Å². The fourth-order valence-corrected chi connectivity index (χ4v) is 2.72. The van der Waals surface area contributed by atoms with Crippen LogP contribution >= 0.6 is 11.6 Å². The van der Waals surface area contributed by atoms with Gasteiger partial charge < -0.3 is 9.64 Å². The van der Waals surface area contributed by atoms with Gasteiger partial charge in [0.05, 0.1) is 7.11 Å². The van der Waals surface area contributed by atoms with Crippen molar-refractivity contribution in [3.05, 3.63) is 28.5 Å². The first-order valence-corrected chi connectivity index (χ1v) is 6.93. The Labute approximate surface area is 122 Å². The molecule has 1 unspecified atom stereocenters. The summed E-state index contributed by atoms with van der Waals surface area (Å²) in [7, 11) is 1.34. The van der Waals surface area contributed by atoms with E-state index < -0.39 is 6.04 Å². The number of methoxy groups -OCH3 is 1. The molecule has 0 aromatic carbocycles. The standard InChI is InChI=1S/C14H17ClN2O3/c1-9-7-10(8-12(15)16-9)13(18)17-6-4-3-5-11(17)14(19)20-2/h7-8,11H,3-6H2,1-2H3. The maximum Gasteiger partial charge on any atom is 0.328 e. The molecular weight excluding hydrogens is 280 g/mol. The van der Waals surface area contributed by atoms with Crippen LogP contribution in [0.3, 0.4) is 0 Å². The van der Waals surface area contributed by atoms with E-state index in [1.807, 2.05) is 0 Å². The van der Waals surface area contributed by atoms with E-state index in [1.165, 1.54) is 13.2 Å². The highest BCUT2D eigenvalue weighted by Crippen LogP contribution is 2.22. The second-order valence-electron chi connectivity index (χ2n) is 4.85. The number of nitrogens with zero attached hydrogens (tertiary/aromatic N) is 2. The quantitative estimate of drug-likeness (QED) is 0.620. The third-order valence-electron chi connectivity index (χ3n) is 3.41. The molecule has 1 aromatic rings. The van der Waals surface area contributed by atoms with Crippen LogP contribution in [0.15, 0.2) is 12.1 Å². The maximum atomic E-state index is 12.6. The number of aromatic nitrogens is 1. The summed E-state index contributed by atoms with van der Waals surface area (Å²) >= 11 is 5.89. The molecule has 2 heterocycles. The summed E-state index contributed by atoms with van der Waals surface area (Å²) in [6.45, 7) is 2.33. The number of pyridine rings is 1. The zero-order valence-electron chi connectivity index (χ0n) is 11.6. The molecule has 1 aliphatic heterocycles. The largest absolute Gasteiger partial charge is 0.467 e. The van der Waals surface area contributed by atoms with Crippen molar-refractivity contribution < 1.29 is 14.3 Å². The van der Waals surface area contributed by atoms with Crippen LogP contribution in [0.25, 0.3) is 0 Å². The fraction of sp³-hybridized carbons (Fsp3) is 0.500. The van der Waals surface area contributed by atoms with Crippen LogP contribution in [-0.2, 0) is 9.53 Å². The van der Waals surface area contributed by atoms with Gasteiger partial charge in [-0.3, -0.25) is 4.79 Å². The second-order valence-corrected chi connectivity index (χ2v) is 5.24. The van der Waals surface area contributed by atoms with Gasteiger partial charge in [-0.2, -0.15) is 0 Å². The van der Waals surface area contributed by atoms with Gasteiger partial charge in [0.2, 0.25) is 0 Å². The van der Waals surface area contributed by atoms with Crippen molar-refractivity contribution in [3.63, 3.8) is 0 Å². The first kappa shape index (κ1) is 14.8. The van der Waals surface area contributed by atoms with Gasteiger partial charge in [-0.15, -0.1) is 0 Å². The van der Waals surface area contributed by atoms with Crippen LogP contribution in [0.5, 0.6) is 0 Å². The molecule has 1 aliphatic rings. The van der Waals surface area contributed by atoms with Crippen LogP contribution in [0.4, 0.5) is 0 Å². The molecule has 1 atom stereocenters. The van der Waals surface area contributed by atoms with Gasteiger partial charge in [-0.1, -0.05) is 11.6 Å². The van der Waals surface area contributed by atoms with Gasteiger partial charge >= 0.3 is 5.97 Å². The number of halogens is 1. The Morgan fingerprint density at radius 1 is 1.40 bits per heavy atom. The lowest BCUT2D eigenvalue weighted by atomic mass is 10.0. The number of hydrogen-bond acceptors (Lipinski definition) is 4. The SMILES string of the molecule is COC(=O)C1CCCCN1C(=O)c1cc(C)nc(Cl)c1. The van der Waals surface area contributed by atoms with E-state index in [0.29, 0.717) is 24.2 Å². The normalized spacial score (nSPS) is 18.8. The summed E-state index contributed by atoms with van der Waals surface area (Å²) < 4.78 is 4.78. The van der Waals surface area contributed by atoms with Crippen LogP contribution in [0, 0.1) is 6.92 Å². The predicted octanol–water partition coefficient (Wildman–Crippen LogP) is 2.21. The molecule has 1 amide bonds. The number of carbonyl (C=O) groups is 2. The Balaban J connectivity index is 2.27. The molecule has 0 bridgehead atoms. The van der Waals surface area contributed by atoms with Crippen molar-refractivity contribution in [2.24, 2.45) is 0 Å². The molecule has 0 spiro atoms. The molecule has 0 aliphatic carbocycles. The lowest BCUT2D eigenvalue weighted by molar-refractivity contribution is -0.147. The van der Waals surface area contributed by atoms with E-state index in [9.17, 15) is 9.59 Å². The smallest absolute Gasteiger partial charge is 0.328 e. The van der Waals surface area contributed by atoms with Crippen molar-refractivity contribution in [1.29, 1.82) is 0 Å². The molecule has 0 radical (unpaired) electrons.